The first-order valence-corrected chi connectivity index (χ1v) is 9.63. The van der Waals surface area contributed by atoms with E-state index in [0.29, 0.717) is 17.1 Å². The number of halogens is 1. The molecule has 2 aromatic rings. The maximum atomic E-state index is 12.5. The molecular weight excluding hydrogens is 366 g/mol. The number of anilines is 1. The van der Waals surface area contributed by atoms with E-state index in [2.05, 4.69) is 34.3 Å². The standard InChI is InChI=1S/C20H18ClN3OS/c21-15-4-5-17-16(10-15)20(25)24-19(23-17)18-14(6-7-26-18)9-12-2-1-3-13(8-12)11-22/h1-8,10,14,23H,9,11,22H2,(H,24,25). The second-order valence-electron chi connectivity index (χ2n) is 6.29. The first-order chi connectivity index (χ1) is 12.6. The van der Waals surface area contributed by atoms with Gasteiger partial charge in [0, 0.05) is 22.4 Å². The summed E-state index contributed by atoms with van der Waals surface area (Å²) in [5.74, 6) is 0.824. The summed E-state index contributed by atoms with van der Waals surface area (Å²) in [6.07, 6.45) is 3.04. The molecule has 2 heterocycles. The Morgan fingerprint density at radius 3 is 2.81 bits per heavy atom. The van der Waals surface area contributed by atoms with E-state index in [1.807, 2.05) is 18.2 Å². The van der Waals surface area contributed by atoms with Gasteiger partial charge < -0.3 is 16.4 Å². The topological polar surface area (TPSA) is 67.1 Å². The second kappa shape index (κ2) is 7.19. The number of amides is 1. The summed E-state index contributed by atoms with van der Waals surface area (Å²) in [6.45, 7) is 0.536. The van der Waals surface area contributed by atoms with Crippen LogP contribution in [0.3, 0.4) is 0 Å². The van der Waals surface area contributed by atoms with Crippen molar-refractivity contribution < 1.29 is 4.79 Å². The van der Waals surface area contributed by atoms with Crippen molar-refractivity contribution >= 4 is 35.0 Å². The lowest BCUT2D eigenvalue weighted by atomic mass is 9.97. The van der Waals surface area contributed by atoms with Crippen molar-refractivity contribution in [2.45, 2.75) is 13.0 Å². The van der Waals surface area contributed by atoms with Crippen molar-refractivity contribution in [2.75, 3.05) is 5.32 Å². The Morgan fingerprint density at radius 2 is 1.96 bits per heavy atom. The fraction of sp³-hybridized carbons (Fsp3) is 0.150. The molecule has 132 valence electrons. The number of benzene rings is 2. The Balaban J connectivity index is 1.62. The zero-order chi connectivity index (χ0) is 18.1. The lowest BCUT2D eigenvalue weighted by molar-refractivity contribution is 0.0963. The van der Waals surface area contributed by atoms with Gasteiger partial charge in [0.15, 0.2) is 0 Å². The lowest BCUT2D eigenvalue weighted by Crippen LogP contribution is -2.34. The lowest BCUT2D eigenvalue weighted by Gasteiger charge is -2.25. The van der Waals surface area contributed by atoms with Gasteiger partial charge in [0.1, 0.15) is 5.82 Å². The monoisotopic (exact) mass is 383 g/mol. The van der Waals surface area contributed by atoms with E-state index in [9.17, 15) is 4.79 Å². The molecule has 4 rings (SSSR count). The van der Waals surface area contributed by atoms with Crippen molar-refractivity contribution in [2.24, 2.45) is 11.7 Å². The van der Waals surface area contributed by atoms with Gasteiger partial charge in [0.05, 0.1) is 11.3 Å². The molecule has 4 N–H and O–H groups in total. The number of allylic oxidation sites excluding steroid dienone is 2. The Hall–Kier alpha value is -2.21. The van der Waals surface area contributed by atoms with E-state index in [0.717, 1.165) is 28.4 Å². The largest absolute Gasteiger partial charge is 0.340 e. The molecule has 0 aromatic heterocycles. The molecule has 26 heavy (non-hydrogen) atoms. The van der Waals surface area contributed by atoms with Gasteiger partial charge in [-0.25, -0.2) is 0 Å². The number of carbonyl (C=O) groups excluding carboxylic acids is 1. The minimum atomic E-state index is -0.139. The molecule has 0 saturated heterocycles. The highest BCUT2D eigenvalue weighted by molar-refractivity contribution is 8.06. The van der Waals surface area contributed by atoms with Crippen molar-refractivity contribution in [3.05, 3.63) is 86.4 Å². The van der Waals surface area contributed by atoms with Gasteiger partial charge in [0.2, 0.25) is 0 Å². The molecule has 2 aliphatic rings. The van der Waals surface area contributed by atoms with Gasteiger partial charge in [-0.3, -0.25) is 4.79 Å². The van der Waals surface area contributed by atoms with Crippen LogP contribution in [0.1, 0.15) is 21.5 Å². The van der Waals surface area contributed by atoms with Crippen LogP contribution in [0.2, 0.25) is 5.02 Å². The molecule has 2 aliphatic heterocycles. The summed E-state index contributed by atoms with van der Waals surface area (Å²) < 4.78 is 0. The molecule has 1 amide bonds. The van der Waals surface area contributed by atoms with E-state index in [4.69, 9.17) is 17.3 Å². The minimum absolute atomic E-state index is 0.139. The number of hydrogen-bond donors (Lipinski definition) is 3. The molecule has 0 saturated carbocycles. The molecule has 0 aliphatic carbocycles. The third-order valence-electron chi connectivity index (χ3n) is 4.50. The summed E-state index contributed by atoms with van der Waals surface area (Å²) in [5.41, 5.74) is 9.44. The van der Waals surface area contributed by atoms with Gasteiger partial charge in [-0.05, 0) is 41.2 Å². The summed E-state index contributed by atoms with van der Waals surface area (Å²) >= 11 is 7.64. The smallest absolute Gasteiger partial charge is 0.258 e. The third-order valence-corrected chi connectivity index (χ3v) is 5.79. The average Bonchev–Trinajstić information content (AvgIpc) is 3.10. The summed E-state index contributed by atoms with van der Waals surface area (Å²) in [5, 5.41) is 8.94. The van der Waals surface area contributed by atoms with Crippen molar-refractivity contribution in [1.29, 1.82) is 0 Å². The van der Waals surface area contributed by atoms with Crippen molar-refractivity contribution in [1.82, 2.24) is 5.32 Å². The van der Waals surface area contributed by atoms with Crippen LogP contribution >= 0.6 is 23.4 Å². The normalized spacial score (nSPS) is 21.3. The molecular formula is C20H18ClN3OS. The number of fused-ring (bicyclic) bond motifs is 1. The van der Waals surface area contributed by atoms with Crippen molar-refractivity contribution in [3.63, 3.8) is 0 Å². The zero-order valence-electron chi connectivity index (χ0n) is 14.0. The number of rotatable bonds is 3. The van der Waals surface area contributed by atoms with E-state index in [-0.39, 0.29) is 11.8 Å². The van der Waals surface area contributed by atoms with Gasteiger partial charge in [-0.2, -0.15) is 0 Å². The molecule has 2 aromatic carbocycles. The van der Waals surface area contributed by atoms with Crippen LogP contribution in [-0.2, 0) is 13.0 Å². The Labute approximate surface area is 161 Å². The molecule has 1 atom stereocenters. The summed E-state index contributed by atoms with van der Waals surface area (Å²) in [4.78, 5) is 13.6. The highest BCUT2D eigenvalue weighted by Crippen LogP contribution is 2.39. The quantitative estimate of drug-likeness (QED) is 0.741. The predicted octanol–water partition coefficient (Wildman–Crippen LogP) is 4.24. The van der Waals surface area contributed by atoms with Crippen LogP contribution in [-0.4, -0.2) is 5.91 Å². The number of nitrogens with two attached hydrogens (primary N) is 1. The van der Waals surface area contributed by atoms with Crippen LogP contribution in [0.5, 0.6) is 0 Å². The first kappa shape index (κ1) is 17.2. The van der Waals surface area contributed by atoms with Crippen LogP contribution in [0.15, 0.2) is 64.7 Å². The highest BCUT2D eigenvalue weighted by Gasteiger charge is 2.27. The molecule has 4 nitrogen and oxygen atoms in total. The fourth-order valence-electron chi connectivity index (χ4n) is 3.21. The predicted molar refractivity (Wildman–Crippen MR) is 108 cm³/mol. The summed E-state index contributed by atoms with van der Waals surface area (Å²) in [7, 11) is 0. The molecule has 0 fully saturated rings. The first-order valence-electron chi connectivity index (χ1n) is 8.37. The molecule has 6 heteroatoms. The maximum Gasteiger partial charge on any atom is 0.258 e. The van der Waals surface area contributed by atoms with E-state index in [1.165, 1.54) is 5.56 Å². The summed E-state index contributed by atoms with van der Waals surface area (Å²) in [6, 6.07) is 13.6. The van der Waals surface area contributed by atoms with E-state index >= 15 is 0 Å². The molecule has 0 radical (unpaired) electrons. The maximum absolute atomic E-state index is 12.5. The third kappa shape index (κ3) is 3.38. The van der Waals surface area contributed by atoms with Gasteiger partial charge >= 0.3 is 0 Å². The van der Waals surface area contributed by atoms with Crippen molar-refractivity contribution in [3.8, 4) is 0 Å². The Bertz CT molecular complexity index is 938. The van der Waals surface area contributed by atoms with Crippen LogP contribution in [0.4, 0.5) is 5.69 Å². The number of nitrogens with one attached hydrogen (secondary N) is 2. The van der Waals surface area contributed by atoms with Crippen LogP contribution in [0.25, 0.3) is 0 Å². The number of carbonyl (C=O) groups is 1. The van der Waals surface area contributed by atoms with Crippen LogP contribution in [0, 0.1) is 5.92 Å². The van der Waals surface area contributed by atoms with E-state index < -0.39 is 0 Å². The average molecular weight is 384 g/mol. The highest BCUT2D eigenvalue weighted by atomic mass is 35.5. The molecule has 0 bridgehead atoms. The Morgan fingerprint density at radius 1 is 1.12 bits per heavy atom. The van der Waals surface area contributed by atoms with Gasteiger partial charge in [-0.1, -0.05) is 53.7 Å². The number of hydrogen-bond acceptors (Lipinski definition) is 4. The molecule has 1 unspecified atom stereocenters. The number of thioether (sulfide) groups is 1. The SMILES string of the molecule is NCc1cccc(CC2C=CSC2=C2NC(=O)c3cc(Cl)ccc3N2)c1. The Kier molecular flexibility index (Phi) is 4.76. The zero-order valence-corrected chi connectivity index (χ0v) is 15.5. The van der Waals surface area contributed by atoms with Crippen LogP contribution < -0.4 is 16.4 Å². The van der Waals surface area contributed by atoms with E-state index in [1.54, 1.807) is 23.9 Å². The van der Waals surface area contributed by atoms with Gasteiger partial charge in [0.25, 0.3) is 5.91 Å². The minimum Gasteiger partial charge on any atom is -0.340 e. The second-order valence-corrected chi connectivity index (χ2v) is 7.67. The molecule has 0 spiro atoms. The fourth-order valence-corrected chi connectivity index (χ4v) is 4.35. The van der Waals surface area contributed by atoms with Gasteiger partial charge in [-0.15, -0.1) is 0 Å².